The molecule has 3 nitrogen and oxygen atoms in total. The monoisotopic (exact) mass is 251 g/mol. The molecule has 0 amide bonds. The summed E-state index contributed by atoms with van der Waals surface area (Å²) >= 11 is 0. The number of hydrogen-bond donors (Lipinski definition) is 2. The maximum absolute atomic E-state index is 9.27. The molecule has 3 heteroatoms. The van der Waals surface area contributed by atoms with Crippen molar-refractivity contribution >= 4 is 0 Å². The van der Waals surface area contributed by atoms with Gasteiger partial charge in [-0.1, -0.05) is 25.5 Å². The Morgan fingerprint density at radius 1 is 1.28 bits per heavy atom. The third-order valence-electron chi connectivity index (χ3n) is 3.07. The van der Waals surface area contributed by atoms with E-state index in [2.05, 4.69) is 12.2 Å². The van der Waals surface area contributed by atoms with Crippen LogP contribution in [0.1, 0.15) is 25.3 Å². The summed E-state index contributed by atoms with van der Waals surface area (Å²) in [6.45, 7) is 4.92. The SMILES string of the molecule is CCCC(CNCCOC)Cc1ccc(O)cc1. The van der Waals surface area contributed by atoms with Crippen LogP contribution in [-0.4, -0.2) is 31.9 Å². The minimum atomic E-state index is 0.337. The number of rotatable bonds is 9. The fourth-order valence-electron chi connectivity index (χ4n) is 2.13. The molecule has 1 rings (SSSR count). The summed E-state index contributed by atoms with van der Waals surface area (Å²) in [5.41, 5.74) is 1.29. The van der Waals surface area contributed by atoms with E-state index in [0.29, 0.717) is 11.7 Å². The first-order valence-electron chi connectivity index (χ1n) is 6.73. The second kappa shape index (κ2) is 8.95. The summed E-state index contributed by atoms with van der Waals surface area (Å²) in [5, 5.41) is 12.7. The van der Waals surface area contributed by atoms with Gasteiger partial charge in [0.2, 0.25) is 0 Å². The molecule has 0 saturated heterocycles. The van der Waals surface area contributed by atoms with Gasteiger partial charge in [0.1, 0.15) is 5.75 Å². The first kappa shape index (κ1) is 15.0. The lowest BCUT2D eigenvalue weighted by Crippen LogP contribution is -2.27. The van der Waals surface area contributed by atoms with E-state index >= 15 is 0 Å². The molecule has 0 aromatic heterocycles. The minimum absolute atomic E-state index is 0.337. The van der Waals surface area contributed by atoms with Crippen LogP contribution in [0.4, 0.5) is 0 Å². The molecule has 1 aromatic rings. The number of ether oxygens (including phenoxy) is 1. The van der Waals surface area contributed by atoms with Gasteiger partial charge in [-0.3, -0.25) is 0 Å². The van der Waals surface area contributed by atoms with E-state index in [1.807, 2.05) is 12.1 Å². The van der Waals surface area contributed by atoms with Crippen LogP contribution in [0, 0.1) is 5.92 Å². The summed E-state index contributed by atoms with van der Waals surface area (Å²) in [5.74, 6) is 0.986. The Labute approximate surface area is 110 Å². The molecule has 1 unspecified atom stereocenters. The van der Waals surface area contributed by atoms with Crippen molar-refractivity contribution in [3.63, 3.8) is 0 Å². The van der Waals surface area contributed by atoms with Crippen molar-refractivity contribution in [2.45, 2.75) is 26.2 Å². The van der Waals surface area contributed by atoms with Crippen molar-refractivity contribution in [1.29, 1.82) is 0 Å². The van der Waals surface area contributed by atoms with Crippen LogP contribution in [0.3, 0.4) is 0 Å². The van der Waals surface area contributed by atoms with E-state index in [-0.39, 0.29) is 0 Å². The zero-order chi connectivity index (χ0) is 13.2. The number of phenolic OH excluding ortho intramolecular Hbond substituents is 1. The van der Waals surface area contributed by atoms with E-state index in [4.69, 9.17) is 4.74 Å². The molecule has 0 aliphatic rings. The molecule has 0 heterocycles. The van der Waals surface area contributed by atoms with E-state index in [0.717, 1.165) is 26.1 Å². The normalized spacial score (nSPS) is 12.6. The Morgan fingerprint density at radius 2 is 2.00 bits per heavy atom. The number of benzene rings is 1. The van der Waals surface area contributed by atoms with Crippen LogP contribution >= 0.6 is 0 Å². The number of phenols is 1. The molecule has 0 aliphatic carbocycles. The summed E-state index contributed by atoms with van der Waals surface area (Å²) in [6, 6.07) is 7.54. The topological polar surface area (TPSA) is 41.5 Å². The molecule has 102 valence electrons. The van der Waals surface area contributed by atoms with Crippen LogP contribution < -0.4 is 5.32 Å². The van der Waals surface area contributed by atoms with Crippen LogP contribution in [0.2, 0.25) is 0 Å². The zero-order valence-corrected chi connectivity index (χ0v) is 11.5. The second-order valence-corrected chi connectivity index (χ2v) is 4.72. The molecule has 0 bridgehead atoms. The largest absolute Gasteiger partial charge is 0.508 e. The molecule has 1 aromatic carbocycles. The highest BCUT2D eigenvalue weighted by molar-refractivity contribution is 5.26. The first-order chi connectivity index (χ1) is 8.76. The van der Waals surface area contributed by atoms with E-state index in [9.17, 15) is 5.11 Å². The summed E-state index contributed by atoms with van der Waals surface area (Å²) in [6.07, 6.45) is 3.49. The maximum atomic E-state index is 9.27. The molecule has 0 saturated carbocycles. The Bertz CT molecular complexity index is 311. The summed E-state index contributed by atoms with van der Waals surface area (Å²) < 4.78 is 5.02. The van der Waals surface area contributed by atoms with Crippen LogP contribution in [0.25, 0.3) is 0 Å². The highest BCUT2D eigenvalue weighted by atomic mass is 16.5. The van der Waals surface area contributed by atoms with Gasteiger partial charge in [0.15, 0.2) is 0 Å². The Hall–Kier alpha value is -1.06. The Morgan fingerprint density at radius 3 is 2.61 bits per heavy atom. The quantitative estimate of drug-likeness (QED) is 0.663. The highest BCUT2D eigenvalue weighted by Crippen LogP contribution is 2.16. The molecule has 0 radical (unpaired) electrons. The van der Waals surface area contributed by atoms with Gasteiger partial charge in [-0.05, 0) is 43.0 Å². The Kier molecular flexibility index (Phi) is 7.46. The fraction of sp³-hybridized carbons (Fsp3) is 0.600. The van der Waals surface area contributed by atoms with Gasteiger partial charge in [0, 0.05) is 13.7 Å². The van der Waals surface area contributed by atoms with Gasteiger partial charge in [0.25, 0.3) is 0 Å². The molecular formula is C15H25NO2. The third kappa shape index (κ3) is 6.03. The van der Waals surface area contributed by atoms with E-state index in [1.165, 1.54) is 18.4 Å². The lowest BCUT2D eigenvalue weighted by atomic mass is 9.95. The standard InChI is InChI=1S/C15H25NO2/c1-3-4-14(12-16-9-10-18-2)11-13-5-7-15(17)8-6-13/h5-8,14,16-17H,3-4,9-12H2,1-2H3. The molecule has 1 atom stereocenters. The van der Waals surface area contributed by atoms with Crippen molar-refractivity contribution in [3.05, 3.63) is 29.8 Å². The van der Waals surface area contributed by atoms with Crippen LogP contribution in [0.5, 0.6) is 5.75 Å². The number of nitrogens with one attached hydrogen (secondary N) is 1. The van der Waals surface area contributed by atoms with Crippen molar-refractivity contribution in [1.82, 2.24) is 5.32 Å². The van der Waals surface area contributed by atoms with Gasteiger partial charge in [-0.2, -0.15) is 0 Å². The smallest absolute Gasteiger partial charge is 0.115 e. The summed E-state index contributed by atoms with van der Waals surface area (Å²) in [4.78, 5) is 0. The molecule has 0 spiro atoms. The van der Waals surface area contributed by atoms with Crippen LogP contribution in [0.15, 0.2) is 24.3 Å². The zero-order valence-electron chi connectivity index (χ0n) is 11.5. The van der Waals surface area contributed by atoms with Gasteiger partial charge in [-0.15, -0.1) is 0 Å². The van der Waals surface area contributed by atoms with Gasteiger partial charge >= 0.3 is 0 Å². The molecule has 0 fully saturated rings. The molecule has 18 heavy (non-hydrogen) atoms. The van der Waals surface area contributed by atoms with Gasteiger partial charge in [0.05, 0.1) is 6.61 Å². The Balaban J connectivity index is 2.38. The molecular weight excluding hydrogens is 226 g/mol. The van der Waals surface area contributed by atoms with Crippen molar-refractivity contribution in [2.75, 3.05) is 26.8 Å². The lowest BCUT2D eigenvalue weighted by Gasteiger charge is -2.17. The minimum Gasteiger partial charge on any atom is -0.508 e. The average molecular weight is 251 g/mol. The first-order valence-corrected chi connectivity index (χ1v) is 6.73. The second-order valence-electron chi connectivity index (χ2n) is 4.72. The predicted octanol–water partition coefficient (Wildman–Crippen LogP) is 2.59. The molecule has 0 aliphatic heterocycles. The number of hydrogen-bond acceptors (Lipinski definition) is 3. The van der Waals surface area contributed by atoms with Crippen LogP contribution in [-0.2, 0) is 11.2 Å². The average Bonchev–Trinajstić information content (AvgIpc) is 2.37. The lowest BCUT2D eigenvalue weighted by molar-refractivity contribution is 0.197. The van der Waals surface area contributed by atoms with E-state index in [1.54, 1.807) is 19.2 Å². The number of aromatic hydroxyl groups is 1. The van der Waals surface area contributed by atoms with Crippen molar-refractivity contribution in [2.24, 2.45) is 5.92 Å². The van der Waals surface area contributed by atoms with Gasteiger partial charge < -0.3 is 15.2 Å². The van der Waals surface area contributed by atoms with Crippen molar-refractivity contribution < 1.29 is 9.84 Å². The third-order valence-corrected chi connectivity index (χ3v) is 3.07. The van der Waals surface area contributed by atoms with Gasteiger partial charge in [-0.25, -0.2) is 0 Å². The van der Waals surface area contributed by atoms with E-state index < -0.39 is 0 Å². The van der Waals surface area contributed by atoms with Crippen molar-refractivity contribution in [3.8, 4) is 5.75 Å². The highest BCUT2D eigenvalue weighted by Gasteiger charge is 2.08. The summed E-state index contributed by atoms with van der Waals surface area (Å²) in [7, 11) is 1.72. The predicted molar refractivity (Wildman–Crippen MR) is 75.0 cm³/mol. The number of methoxy groups -OCH3 is 1. The fourth-order valence-corrected chi connectivity index (χ4v) is 2.13. The molecule has 2 N–H and O–H groups in total. The maximum Gasteiger partial charge on any atom is 0.115 e.